The highest BCUT2D eigenvalue weighted by Crippen LogP contribution is 2.29. The number of nitrogens with zero attached hydrogens (tertiary/aromatic N) is 4. The second kappa shape index (κ2) is 6.90. The summed E-state index contributed by atoms with van der Waals surface area (Å²) in [6.07, 6.45) is 3.29. The maximum Gasteiger partial charge on any atom is 0.211 e. The van der Waals surface area contributed by atoms with Gasteiger partial charge < -0.3 is 4.90 Å². The number of piperidine rings is 1. The number of nitrogens with one attached hydrogen (secondary N) is 1. The monoisotopic (exact) mass is 353 g/mol. The van der Waals surface area contributed by atoms with Crippen molar-refractivity contribution in [1.82, 2.24) is 19.9 Å². The molecule has 0 aromatic carbocycles. The third-order valence-electron chi connectivity index (χ3n) is 3.79. The lowest BCUT2D eigenvalue weighted by atomic mass is 10.1. The first-order chi connectivity index (χ1) is 11.1. The highest BCUT2D eigenvalue weighted by molar-refractivity contribution is 7.89. The van der Waals surface area contributed by atoms with Gasteiger partial charge in [-0.05, 0) is 31.9 Å². The SMILES string of the molecule is CCS(=O)(=O)NC1CCN(c2nnc(-c3ccccn3)s2)CC1. The summed E-state index contributed by atoms with van der Waals surface area (Å²) in [4.78, 5) is 6.44. The molecule has 1 fully saturated rings. The fraction of sp³-hybridized carbons (Fsp3) is 0.500. The molecule has 7 nitrogen and oxygen atoms in total. The van der Waals surface area contributed by atoms with Gasteiger partial charge in [0.1, 0.15) is 5.69 Å². The molecule has 1 saturated heterocycles. The highest BCUT2D eigenvalue weighted by Gasteiger charge is 2.24. The Bertz CT molecular complexity index is 740. The fourth-order valence-electron chi connectivity index (χ4n) is 2.46. The van der Waals surface area contributed by atoms with E-state index in [1.54, 1.807) is 13.1 Å². The summed E-state index contributed by atoms with van der Waals surface area (Å²) < 4.78 is 26.0. The van der Waals surface area contributed by atoms with Crippen molar-refractivity contribution in [2.24, 2.45) is 0 Å². The van der Waals surface area contributed by atoms with Crippen LogP contribution in [0, 0.1) is 0 Å². The van der Waals surface area contributed by atoms with Gasteiger partial charge in [-0.3, -0.25) is 4.98 Å². The van der Waals surface area contributed by atoms with E-state index >= 15 is 0 Å². The number of sulfonamides is 1. The Labute approximate surface area is 139 Å². The van der Waals surface area contributed by atoms with Crippen molar-refractivity contribution >= 4 is 26.5 Å². The Morgan fingerprint density at radius 3 is 2.74 bits per heavy atom. The zero-order valence-electron chi connectivity index (χ0n) is 12.8. The zero-order valence-corrected chi connectivity index (χ0v) is 14.5. The number of rotatable bonds is 5. The molecule has 2 aromatic rings. The summed E-state index contributed by atoms with van der Waals surface area (Å²) in [6, 6.07) is 5.72. The Morgan fingerprint density at radius 2 is 2.09 bits per heavy atom. The third kappa shape index (κ3) is 4.04. The first-order valence-corrected chi connectivity index (χ1v) is 10.0. The number of pyridine rings is 1. The first kappa shape index (κ1) is 16.3. The van der Waals surface area contributed by atoms with Gasteiger partial charge in [-0.2, -0.15) is 0 Å². The van der Waals surface area contributed by atoms with E-state index in [-0.39, 0.29) is 11.8 Å². The number of hydrogen-bond acceptors (Lipinski definition) is 7. The second-order valence-corrected chi connectivity index (χ2v) is 8.39. The maximum atomic E-state index is 11.6. The Balaban J connectivity index is 1.61. The Morgan fingerprint density at radius 1 is 1.30 bits per heavy atom. The van der Waals surface area contributed by atoms with Gasteiger partial charge in [0.05, 0.1) is 5.75 Å². The maximum absolute atomic E-state index is 11.6. The molecule has 0 atom stereocenters. The van der Waals surface area contributed by atoms with E-state index in [2.05, 4.69) is 24.8 Å². The van der Waals surface area contributed by atoms with E-state index < -0.39 is 10.0 Å². The lowest BCUT2D eigenvalue weighted by Gasteiger charge is -2.31. The largest absolute Gasteiger partial charge is 0.347 e. The van der Waals surface area contributed by atoms with Crippen LogP contribution in [0.25, 0.3) is 10.7 Å². The predicted molar refractivity (Wildman–Crippen MR) is 91.0 cm³/mol. The quantitative estimate of drug-likeness (QED) is 0.876. The van der Waals surface area contributed by atoms with Crippen molar-refractivity contribution in [3.05, 3.63) is 24.4 Å². The average molecular weight is 353 g/mol. The number of aromatic nitrogens is 3. The van der Waals surface area contributed by atoms with Gasteiger partial charge in [0.25, 0.3) is 0 Å². The van der Waals surface area contributed by atoms with Gasteiger partial charge in [-0.15, -0.1) is 10.2 Å². The lowest BCUT2D eigenvalue weighted by molar-refractivity contribution is 0.459. The van der Waals surface area contributed by atoms with Crippen molar-refractivity contribution in [2.75, 3.05) is 23.7 Å². The second-order valence-electron chi connectivity index (χ2n) is 5.39. The van der Waals surface area contributed by atoms with Crippen LogP contribution in [0.4, 0.5) is 5.13 Å². The molecule has 0 amide bonds. The van der Waals surface area contributed by atoms with Gasteiger partial charge in [-0.25, -0.2) is 13.1 Å². The van der Waals surface area contributed by atoms with Crippen LogP contribution in [0.2, 0.25) is 0 Å². The molecule has 2 aromatic heterocycles. The number of hydrogen-bond donors (Lipinski definition) is 1. The molecule has 3 heterocycles. The molecule has 124 valence electrons. The van der Waals surface area contributed by atoms with Gasteiger partial charge in [0.15, 0.2) is 5.01 Å². The molecule has 1 aliphatic rings. The normalized spacial score (nSPS) is 16.7. The van der Waals surface area contributed by atoms with Crippen molar-refractivity contribution < 1.29 is 8.42 Å². The molecular weight excluding hydrogens is 334 g/mol. The Kier molecular flexibility index (Phi) is 4.88. The van der Waals surface area contributed by atoms with Crippen LogP contribution in [-0.2, 0) is 10.0 Å². The van der Waals surface area contributed by atoms with Crippen LogP contribution in [0.5, 0.6) is 0 Å². The standard InChI is InChI=1S/C14H19N5O2S2/c1-2-23(20,21)18-11-6-9-19(10-7-11)14-17-16-13(22-14)12-5-3-4-8-15-12/h3-5,8,11,18H,2,6-7,9-10H2,1H3. The van der Waals surface area contributed by atoms with Crippen LogP contribution in [0.15, 0.2) is 24.4 Å². The molecule has 23 heavy (non-hydrogen) atoms. The molecule has 0 saturated carbocycles. The first-order valence-electron chi connectivity index (χ1n) is 7.57. The number of anilines is 1. The minimum atomic E-state index is -3.14. The summed E-state index contributed by atoms with van der Waals surface area (Å²) in [7, 11) is -3.14. The van der Waals surface area contributed by atoms with Crippen molar-refractivity contribution in [1.29, 1.82) is 0 Å². The minimum absolute atomic E-state index is 0.0133. The molecule has 0 bridgehead atoms. The summed E-state index contributed by atoms with van der Waals surface area (Å²) in [5.41, 5.74) is 0.821. The van der Waals surface area contributed by atoms with Crippen LogP contribution in [0.1, 0.15) is 19.8 Å². The summed E-state index contributed by atoms with van der Waals surface area (Å²) in [6.45, 7) is 3.19. The van der Waals surface area contributed by atoms with E-state index in [1.165, 1.54) is 11.3 Å². The molecule has 0 radical (unpaired) electrons. The molecule has 9 heteroatoms. The molecule has 0 aliphatic carbocycles. The average Bonchev–Trinajstić information content (AvgIpc) is 3.06. The fourth-order valence-corrected chi connectivity index (χ4v) is 4.25. The van der Waals surface area contributed by atoms with Gasteiger partial charge in [0, 0.05) is 25.3 Å². The van der Waals surface area contributed by atoms with Crippen LogP contribution in [0.3, 0.4) is 0 Å². The van der Waals surface area contributed by atoms with E-state index in [1.807, 2.05) is 18.2 Å². The van der Waals surface area contributed by atoms with Gasteiger partial charge >= 0.3 is 0 Å². The molecule has 1 aliphatic heterocycles. The molecule has 0 spiro atoms. The van der Waals surface area contributed by atoms with Crippen molar-refractivity contribution in [3.63, 3.8) is 0 Å². The van der Waals surface area contributed by atoms with Crippen molar-refractivity contribution in [2.45, 2.75) is 25.8 Å². The van der Waals surface area contributed by atoms with E-state index in [0.717, 1.165) is 41.8 Å². The van der Waals surface area contributed by atoms with Crippen LogP contribution >= 0.6 is 11.3 Å². The topological polar surface area (TPSA) is 88.1 Å². The van der Waals surface area contributed by atoms with E-state index in [0.29, 0.717) is 0 Å². The smallest absolute Gasteiger partial charge is 0.211 e. The summed E-state index contributed by atoms with van der Waals surface area (Å²) >= 11 is 1.51. The minimum Gasteiger partial charge on any atom is -0.347 e. The molecule has 3 rings (SSSR count). The molecule has 0 unspecified atom stereocenters. The summed E-state index contributed by atoms with van der Waals surface area (Å²) in [5, 5.41) is 10.1. The van der Waals surface area contributed by atoms with E-state index in [9.17, 15) is 8.42 Å². The van der Waals surface area contributed by atoms with Gasteiger partial charge in [0.2, 0.25) is 15.2 Å². The van der Waals surface area contributed by atoms with Crippen LogP contribution < -0.4 is 9.62 Å². The van der Waals surface area contributed by atoms with Crippen molar-refractivity contribution in [3.8, 4) is 10.7 Å². The molecular formula is C14H19N5O2S2. The van der Waals surface area contributed by atoms with Crippen LogP contribution in [-0.4, -0.2) is 48.5 Å². The van der Waals surface area contributed by atoms with Gasteiger partial charge in [-0.1, -0.05) is 17.4 Å². The highest BCUT2D eigenvalue weighted by atomic mass is 32.2. The molecule has 1 N–H and O–H groups in total. The zero-order chi connectivity index (χ0) is 16.3. The Hall–Kier alpha value is -1.58. The third-order valence-corrected chi connectivity index (χ3v) is 6.25. The van der Waals surface area contributed by atoms with E-state index in [4.69, 9.17) is 0 Å². The predicted octanol–water partition coefficient (Wildman–Crippen LogP) is 1.51. The summed E-state index contributed by atoms with van der Waals surface area (Å²) in [5.74, 6) is 0.122. The lowest BCUT2D eigenvalue weighted by Crippen LogP contribution is -2.45.